The SMILES string of the molecule is COCC(C)OC(=O)N(c1cc(C#N)c2ncc(C#N)c(NCC(C)(C)C)c2c1)C(c1cn(C23CC(C2)C3)nn1)c1ccc(F)nc1C. The van der Waals surface area contributed by atoms with E-state index in [1.54, 1.807) is 32.0 Å². The average molecular weight is 652 g/mol. The van der Waals surface area contributed by atoms with Crippen LogP contribution in [0, 0.1) is 46.9 Å². The summed E-state index contributed by atoms with van der Waals surface area (Å²) < 4.78 is 27.4. The van der Waals surface area contributed by atoms with Gasteiger partial charge in [0, 0.05) is 36.5 Å². The summed E-state index contributed by atoms with van der Waals surface area (Å²) in [5.74, 6) is 0.0262. The molecule has 1 aromatic carbocycles. The number of aryl methyl sites for hydroxylation is 1. The Labute approximate surface area is 278 Å². The minimum atomic E-state index is -0.983. The molecule has 2 bridgehead atoms. The van der Waals surface area contributed by atoms with Gasteiger partial charge in [0.05, 0.1) is 46.4 Å². The molecule has 3 fully saturated rings. The Hall–Kier alpha value is -5.14. The normalized spacial score (nSPS) is 19.3. The second-order valence-electron chi connectivity index (χ2n) is 14.1. The maximum Gasteiger partial charge on any atom is 0.415 e. The van der Waals surface area contributed by atoms with Crippen LogP contribution in [0.2, 0.25) is 0 Å². The summed E-state index contributed by atoms with van der Waals surface area (Å²) in [5.41, 5.74) is 2.61. The van der Waals surface area contributed by atoms with E-state index in [4.69, 9.17) is 9.47 Å². The lowest BCUT2D eigenvalue weighted by Gasteiger charge is -2.61. The van der Waals surface area contributed by atoms with Gasteiger partial charge >= 0.3 is 6.09 Å². The van der Waals surface area contributed by atoms with Crippen LogP contribution in [0.25, 0.3) is 10.9 Å². The van der Waals surface area contributed by atoms with Gasteiger partial charge in [-0.3, -0.25) is 9.88 Å². The minimum absolute atomic E-state index is 0.0845. The van der Waals surface area contributed by atoms with Crippen molar-refractivity contribution >= 4 is 28.4 Å². The standard InChI is InChI=1S/C35H38FN9O3/c1-20(18-47-6)48-33(46)45(25-9-23(14-37)30-27(10-25)31(24(15-38)16-39-30)40-19-34(3,4)5)32(26-7-8-29(36)41-21(26)2)28-17-44(43-42-28)35-11-22(12-35)13-35/h7-10,16-17,20,22,32H,11-13,18-19H2,1-6H3,(H,39,40). The molecule has 48 heavy (non-hydrogen) atoms. The molecule has 0 spiro atoms. The monoisotopic (exact) mass is 651 g/mol. The Balaban J connectivity index is 1.59. The third-order valence-electron chi connectivity index (χ3n) is 9.10. The highest BCUT2D eigenvalue weighted by Crippen LogP contribution is 2.62. The van der Waals surface area contributed by atoms with E-state index in [1.807, 2.05) is 10.9 Å². The maximum atomic E-state index is 14.4. The molecule has 3 aliphatic carbocycles. The van der Waals surface area contributed by atoms with Crippen LogP contribution in [0.4, 0.5) is 20.6 Å². The van der Waals surface area contributed by atoms with Crippen LogP contribution < -0.4 is 10.2 Å². The van der Waals surface area contributed by atoms with E-state index in [9.17, 15) is 19.7 Å². The van der Waals surface area contributed by atoms with Crippen LogP contribution in [-0.4, -0.2) is 57.4 Å². The number of pyridine rings is 2. The smallest absolute Gasteiger partial charge is 0.415 e. The van der Waals surface area contributed by atoms with Crippen molar-refractivity contribution in [2.45, 2.75) is 71.6 Å². The molecule has 2 unspecified atom stereocenters. The van der Waals surface area contributed by atoms with Gasteiger partial charge in [0.15, 0.2) is 0 Å². The number of hydrogen-bond acceptors (Lipinski definition) is 10. The lowest BCUT2D eigenvalue weighted by Crippen LogP contribution is -2.59. The Bertz CT molecular complexity index is 1960. The zero-order chi connectivity index (χ0) is 34.4. The lowest BCUT2D eigenvalue weighted by molar-refractivity contribution is -0.0989. The highest BCUT2D eigenvalue weighted by atomic mass is 19.1. The lowest BCUT2D eigenvalue weighted by atomic mass is 9.50. The maximum absolute atomic E-state index is 14.4. The van der Waals surface area contributed by atoms with E-state index in [2.05, 4.69) is 58.5 Å². The van der Waals surface area contributed by atoms with Crippen LogP contribution in [0.5, 0.6) is 0 Å². The number of rotatable bonds is 10. The summed E-state index contributed by atoms with van der Waals surface area (Å²) in [4.78, 5) is 24.3. The molecule has 12 nitrogen and oxygen atoms in total. The van der Waals surface area contributed by atoms with Gasteiger partial charge in [0.25, 0.3) is 0 Å². The van der Waals surface area contributed by atoms with Gasteiger partial charge in [-0.15, -0.1) is 5.10 Å². The van der Waals surface area contributed by atoms with E-state index < -0.39 is 24.2 Å². The number of amides is 1. The van der Waals surface area contributed by atoms with Crippen LogP contribution in [0.3, 0.4) is 0 Å². The molecule has 3 aliphatic rings. The minimum Gasteiger partial charge on any atom is -0.444 e. The number of anilines is 2. The Morgan fingerprint density at radius 3 is 2.54 bits per heavy atom. The number of nitriles is 2. The van der Waals surface area contributed by atoms with E-state index >= 15 is 0 Å². The van der Waals surface area contributed by atoms with Crippen molar-refractivity contribution in [2.75, 3.05) is 30.5 Å². The first-order valence-electron chi connectivity index (χ1n) is 15.9. The van der Waals surface area contributed by atoms with Crippen molar-refractivity contribution in [1.29, 1.82) is 10.5 Å². The number of benzene rings is 1. The Morgan fingerprint density at radius 1 is 1.21 bits per heavy atom. The Morgan fingerprint density at radius 2 is 1.94 bits per heavy atom. The zero-order valence-corrected chi connectivity index (χ0v) is 27.9. The van der Waals surface area contributed by atoms with Gasteiger partial charge in [-0.1, -0.05) is 32.1 Å². The van der Waals surface area contributed by atoms with Gasteiger partial charge in [-0.05, 0) is 62.6 Å². The third kappa shape index (κ3) is 6.02. The molecule has 4 aromatic rings. The average Bonchev–Trinajstić information content (AvgIpc) is 3.45. The first kappa shape index (κ1) is 32.8. The Kier molecular flexibility index (Phi) is 8.52. The van der Waals surface area contributed by atoms with Crippen molar-refractivity contribution in [3.05, 3.63) is 70.7 Å². The second-order valence-corrected chi connectivity index (χ2v) is 14.1. The molecule has 0 saturated heterocycles. The fourth-order valence-electron chi connectivity index (χ4n) is 6.61. The number of halogens is 1. The highest BCUT2D eigenvalue weighted by Gasteiger charge is 2.59. The summed E-state index contributed by atoms with van der Waals surface area (Å²) in [6.07, 6.45) is 4.93. The number of nitrogens with one attached hydrogen (secondary N) is 1. The van der Waals surface area contributed by atoms with Crippen LogP contribution >= 0.6 is 0 Å². The molecule has 1 amide bonds. The quantitative estimate of drug-likeness (QED) is 0.198. The highest BCUT2D eigenvalue weighted by molar-refractivity contribution is 6.01. The zero-order valence-electron chi connectivity index (χ0n) is 27.9. The van der Waals surface area contributed by atoms with Gasteiger partial charge in [0.1, 0.15) is 30.0 Å². The topological polar surface area (TPSA) is 155 Å². The largest absolute Gasteiger partial charge is 0.444 e. The summed E-state index contributed by atoms with van der Waals surface area (Å²) in [7, 11) is 1.51. The van der Waals surface area contributed by atoms with E-state index in [1.165, 1.54) is 24.3 Å². The molecular weight excluding hydrogens is 613 g/mol. The molecule has 3 saturated carbocycles. The summed E-state index contributed by atoms with van der Waals surface area (Å²) >= 11 is 0. The molecule has 1 N–H and O–H groups in total. The fraction of sp³-hybridized carbons (Fsp3) is 0.457. The summed E-state index contributed by atoms with van der Waals surface area (Å²) in [5, 5.41) is 33.3. The van der Waals surface area contributed by atoms with E-state index in [-0.39, 0.29) is 34.4 Å². The van der Waals surface area contributed by atoms with Crippen molar-refractivity contribution in [2.24, 2.45) is 11.3 Å². The van der Waals surface area contributed by atoms with Gasteiger partial charge in [0.2, 0.25) is 5.95 Å². The molecule has 0 aliphatic heterocycles. The van der Waals surface area contributed by atoms with Crippen molar-refractivity contribution in [1.82, 2.24) is 25.0 Å². The molecular formula is C35H38FN9O3. The van der Waals surface area contributed by atoms with Crippen molar-refractivity contribution in [3.63, 3.8) is 0 Å². The molecule has 7 rings (SSSR count). The fourth-order valence-corrected chi connectivity index (χ4v) is 6.61. The van der Waals surface area contributed by atoms with E-state index in [0.29, 0.717) is 46.0 Å². The van der Waals surface area contributed by atoms with Gasteiger partial charge in [-0.2, -0.15) is 14.9 Å². The summed E-state index contributed by atoms with van der Waals surface area (Å²) in [6, 6.07) is 9.50. The first-order chi connectivity index (χ1) is 22.9. The molecule has 3 aromatic heterocycles. The van der Waals surface area contributed by atoms with E-state index in [0.717, 1.165) is 19.3 Å². The van der Waals surface area contributed by atoms with Gasteiger partial charge in [-0.25, -0.2) is 14.5 Å². The predicted molar refractivity (Wildman–Crippen MR) is 176 cm³/mol. The number of ether oxygens (including phenoxy) is 2. The summed E-state index contributed by atoms with van der Waals surface area (Å²) in [6.45, 7) is 10.2. The second kappa shape index (κ2) is 12.5. The van der Waals surface area contributed by atoms with Crippen LogP contribution in [0.1, 0.15) is 81.1 Å². The number of carbonyl (C=O) groups excluding carboxylic acids is 1. The number of carbonyl (C=O) groups is 1. The molecule has 2 atom stereocenters. The predicted octanol–water partition coefficient (Wildman–Crippen LogP) is 6.15. The number of aromatic nitrogens is 5. The number of nitrogens with zero attached hydrogens (tertiary/aromatic N) is 8. The van der Waals surface area contributed by atoms with Crippen molar-refractivity contribution < 1.29 is 18.7 Å². The number of methoxy groups -OCH3 is 1. The molecule has 248 valence electrons. The third-order valence-corrected chi connectivity index (χ3v) is 9.10. The molecule has 13 heteroatoms. The number of hydrogen-bond donors (Lipinski definition) is 1. The molecule has 0 radical (unpaired) electrons. The van der Waals surface area contributed by atoms with Crippen LogP contribution in [0.15, 0.2) is 36.7 Å². The first-order valence-corrected chi connectivity index (χ1v) is 15.9. The van der Waals surface area contributed by atoms with Crippen molar-refractivity contribution in [3.8, 4) is 12.1 Å². The number of fused-ring (bicyclic) bond motifs is 1. The van der Waals surface area contributed by atoms with Gasteiger partial charge < -0.3 is 14.8 Å². The molecule has 3 heterocycles. The van der Waals surface area contributed by atoms with Crippen LogP contribution in [-0.2, 0) is 15.0 Å².